The van der Waals surface area contributed by atoms with Crippen molar-refractivity contribution in [1.29, 1.82) is 0 Å². The molecule has 0 aromatic heterocycles. The summed E-state index contributed by atoms with van der Waals surface area (Å²) >= 11 is 0. The van der Waals surface area contributed by atoms with Crippen LogP contribution in [0.1, 0.15) is 47.0 Å². The number of nitrogens with zero attached hydrogens (tertiary/aromatic N) is 2. The highest BCUT2D eigenvalue weighted by atomic mass is 16.6. The highest BCUT2D eigenvalue weighted by molar-refractivity contribution is 5.67. The third kappa shape index (κ3) is 5.67. The second-order valence-electron chi connectivity index (χ2n) is 6.71. The standard InChI is InChI=1S/C15H30N2O3/c1-6-13(18)11-17-9-7-8-12(17)10-16(5)14(19)20-15(2,3)4/h12-13,18H,6-11H2,1-5H3/t12?,13-/m1/s1. The molecule has 0 aromatic rings. The third-order valence-electron chi connectivity index (χ3n) is 3.61. The molecule has 0 radical (unpaired) electrons. The van der Waals surface area contributed by atoms with Crippen molar-refractivity contribution in [3.8, 4) is 0 Å². The van der Waals surface area contributed by atoms with E-state index < -0.39 is 5.60 Å². The molecular weight excluding hydrogens is 256 g/mol. The number of aliphatic hydroxyl groups excluding tert-OH is 1. The van der Waals surface area contributed by atoms with E-state index in [-0.39, 0.29) is 12.2 Å². The van der Waals surface area contributed by atoms with Gasteiger partial charge in [0.2, 0.25) is 0 Å². The molecule has 1 N–H and O–H groups in total. The average molecular weight is 286 g/mol. The first-order valence-corrected chi connectivity index (χ1v) is 7.59. The van der Waals surface area contributed by atoms with E-state index in [1.807, 2.05) is 27.7 Å². The van der Waals surface area contributed by atoms with Crippen LogP contribution in [0.25, 0.3) is 0 Å². The number of likely N-dealkylation sites (N-methyl/N-ethyl adjacent to an activating group) is 1. The van der Waals surface area contributed by atoms with Crippen LogP contribution in [-0.2, 0) is 4.74 Å². The number of likely N-dealkylation sites (tertiary alicyclic amines) is 1. The molecule has 1 rings (SSSR count). The molecule has 118 valence electrons. The first-order chi connectivity index (χ1) is 9.23. The van der Waals surface area contributed by atoms with Crippen molar-refractivity contribution in [1.82, 2.24) is 9.80 Å². The zero-order chi connectivity index (χ0) is 15.3. The Morgan fingerprint density at radius 3 is 2.70 bits per heavy atom. The zero-order valence-corrected chi connectivity index (χ0v) is 13.6. The van der Waals surface area contributed by atoms with Gasteiger partial charge in [0.1, 0.15) is 5.60 Å². The minimum absolute atomic E-state index is 0.276. The Morgan fingerprint density at radius 1 is 1.50 bits per heavy atom. The largest absolute Gasteiger partial charge is 0.444 e. The van der Waals surface area contributed by atoms with Gasteiger partial charge < -0.3 is 14.7 Å². The van der Waals surface area contributed by atoms with Gasteiger partial charge in [-0.25, -0.2) is 4.79 Å². The lowest BCUT2D eigenvalue weighted by Gasteiger charge is -2.31. The monoisotopic (exact) mass is 286 g/mol. The first-order valence-electron chi connectivity index (χ1n) is 7.59. The van der Waals surface area contributed by atoms with E-state index in [9.17, 15) is 9.90 Å². The third-order valence-corrected chi connectivity index (χ3v) is 3.61. The topological polar surface area (TPSA) is 53.0 Å². The van der Waals surface area contributed by atoms with E-state index in [0.29, 0.717) is 19.1 Å². The molecule has 20 heavy (non-hydrogen) atoms. The quantitative estimate of drug-likeness (QED) is 0.841. The van der Waals surface area contributed by atoms with Gasteiger partial charge in [0, 0.05) is 26.2 Å². The number of ether oxygens (including phenoxy) is 1. The van der Waals surface area contributed by atoms with E-state index in [1.54, 1.807) is 11.9 Å². The molecule has 1 aliphatic heterocycles. The summed E-state index contributed by atoms with van der Waals surface area (Å²) in [6.45, 7) is 9.97. The molecule has 1 saturated heterocycles. The van der Waals surface area contributed by atoms with Crippen molar-refractivity contribution in [2.24, 2.45) is 0 Å². The van der Waals surface area contributed by atoms with Gasteiger partial charge in [0.15, 0.2) is 0 Å². The maximum Gasteiger partial charge on any atom is 0.410 e. The van der Waals surface area contributed by atoms with Crippen molar-refractivity contribution in [2.75, 3.05) is 26.7 Å². The molecule has 5 nitrogen and oxygen atoms in total. The van der Waals surface area contributed by atoms with Gasteiger partial charge in [-0.1, -0.05) is 6.92 Å². The summed E-state index contributed by atoms with van der Waals surface area (Å²) in [6, 6.07) is 0.328. The molecule has 1 heterocycles. The number of carbonyl (C=O) groups excluding carboxylic acids is 1. The van der Waals surface area contributed by atoms with Gasteiger partial charge in [-0.15, -0.1) is 0 Å². The molecule has 1 fully saturated rings. The van der Waals surface area contributed by atoms with Crippen molar-refractivity contribution >= 4 is 6.09 Å². The highest BCUT2D eigenvalue weighted by Gasteiger charge is 2.29. The van der Waals surface area contributed by atoms with Crippen molar-refractivity contribution < 1.29 is 14.6 Å². The van der Waals surface area contributed by atoms with Gasteiger partial charge in [-0.3, -0.25) is 4.90 Å². The molecule has 0 aromatic carbocycles. The number of aliphatic hydroxyl groups is 1. The van der Waals surface area contributed by atoms with Crippen molar-refractivity contribution in [3.63, 3.8) is 0 Å². The number of carbonyl (C=O) groups is 1. The fraction of sp³-hybridized carbons (Fsp3) is 0.933. The fourth-order valence-electron chi connectivity index (χ4n) is 2.47. The average Bonchev–Trinajstić information content (AvgIpc) is 2.74. The van der Waals surface area contributed by atoms with Gasteiger partial charge in [0.05, 0.1) is 6.10 Å². The lowest BCUT2D eigenvalue weighted by Crippen LogP contribution is -2.45. The summed E-state index contributed by atoms with van der Waals surface area (Å²) in [6.07, 6.45) is 2.42. The molecule has 0 aliphatic carbocycles. The first kappa shape index (κ1) is 17.2. The predicted octanol–water partition coefficient (Wildman–Crippen LogP) is 2.09. The van der Waals surface area contributed by atoms with Crippen molar-refractivity contribution in [3.05, 3.63) is 0 Å². The van der Waals surface area contributed by atoms with Crippen LogP contribution < -0.4 is 0 Å². The Balaban J connectivity index is 2.47. The number of rotatable bonds is 5. The van der Waals surface area contributed by atoms with Crippen LogP contribution in [0.4, 0.5) is 4.79 Å². The number of β-amino-alcohol motifs (C(OH)–C–C–N with tert-alkyl or cyclic N) is 1. The molecule has 2 atom stereocenters. The summed E-state index contributed by atoms with van der Waals surface area (Å²) in [7, 11) is 1.78. The second-order valence-corrected chi connectivity index (χ2v) is 6.71. The maximum absolute atomic E-state index is 12.0. The molecule has 0 bridgehead atoms. The van der Waals surface area contributed by atoms with Gasteiger partial charge in [-0.05, 0) is 46.6 Å². The van der Waals surface area contributed by atoms with Crippen LogP contribution in [0.15, 0.2) is 0 Å². The molecule has 1 aliphatic rings. The summed E-state index contributed by atoms with van der Waals surface area (Å²) in [5, 5.41) is 9.79. The van der Waals surface area contributed by atoms with E-state index in [0.717, 1.165) is 25.8 Å². The molecule has 0 saturated carbocycles. The molecule has 1 unspecified atom stereocenters. The maximum atomic E-state index is 12.0. The number of hydrogen-bond acceptors (Lipinski definition) is 4. The summed E-state index contributed by atoms with van der Waals surface area (Å²) in [4.78, 5) is 15.9. The fourth-order valence-corrected chi connectivity index (χ4v) is 2.47. The molecule has 1 amide bonds. The Hall–Kier alpha value is -0.810. The van der Waals surface area contributed by atoms with E-state index in [4.69, 9.17) is 4.74 Å². The number of hydrogen-bond donors (Lipinski definition) is 1. The smallest absolute Gasteiger partial charge is 0.410 e. The minimum Gasteiger partial charge on any atom is -0.444 e. The number of amides is 1. The van der Waals surface area contributed by atoms with Crippen LogP contribution in [-0.4, -0.2) is 65.4 Å². The van der Waals surface area contributed by atoms with Crippen LogP contribution in [0.5, 0.6) is 0 Å². The molecule has 0 spiro atoms. The zero-order valence-electron chi connectivity index (χ0n) is 13.6. The Labute approximate surface area is 122 Å². The van der Waals surface area contributed by atoms with E-state index in [2.05, 4.69) is 4.90 Å². The summed E-state index contributed by atoms with van der Waals surface area (Å²) in [5.41, 5.74) is -0.459. The van der Waals surface area contributed by atoms with Gasteiger partial charge in [0.25, 0.3) is 0 Å². The van der Waals surface area contributed by atoms with E-state index >= 15 is 0 Å². The molecular formula is C15H30N2O3. The van der Waals surface area contributed by atoms with Crippen LogP contribution in [0, 0.1) is 0 Å². The second kappa shape index (κ2) is 7.27. The predicted molar refractivity (Wildman–Crippen MR) is 79.8 cm³/mol. The lowest BCUT2D eigenvalue weighted by molar-refractivity contribution is 0.0240. The summed E-state index contributed by atoms with van der Waals surface area (Å²) in [5.74, 6) is 0. The van der Waals surface area contributed by atoms with Crippen LogP contribution in [0.2, 0.25) is 0 Å². The minimum atomic E-state index is -0.459. The van der Waals surface area contributed by atoms with Gasteiger partial charge >= 0.3 is 6.09 Å². The normalized spacial score (nSPS) is 21.8. The Morgan fingerprint density at radius 2 is 2.15 bits per heavy atom. The van der Waals surface area contributed by atoms with Crippen LogP contribution in [0.3, 0.4) is 0 Å². The Kier molecular flexibility index (Phi) is 6.27. The molecule has 5 heteroatoms. The summed E-state index contributed by atoms with van der Waals surface area (Å²) < 4.78 is 5.37. The highest BCUT2D eigenvalue weighted by Crippen LogP contribution is 2.19. The van der Waals surface area contributed by atoms with Crippen molar-refractivity contribution in [2.45, 2.75) is 64.7 Å². The Bertz CT molecular complexity index is 315. The van der Waals surface area contributed by atoms with Gasteiger partial charge in [-0.2, -0.15) is 0 Å². The van der Waals surface area contributed by atoms with E-state index in [1.165, 1.54) is 0 Å². The van der Waals surface area contributed by atoms with Crippen LogP contribution >= 0.6 is 0 Å². The SMILES string of the molecule is CC[C@@H](O)CN1CCCC1CN(C)C(=O)OC(C)(C)C. The lowest BCUT2D eigenvalue weighted by atomic mass is 10.2.